The highest BCUT2D eigenvalue weighted by Crippen LogP contribution is 2.22. The molecule has 6 heteroatoms. The van der Waals surface area contributed by atoms with E-state index >= 15 is 0 Å². The quantitative estimate of drug-likeness (QED) is 0.737. The third-order valence-corrected chi connectivity index (χ3v) is 4.33. The van der Waals surface area contributed by atoms with Crippen molar-refractivity contribution in [3.8, 4) is 0 Å². The molecule has 2 aromatic heterocycles. The summed E-state index contributed by atoms with van der Waals surface area (Å²) in [6.45, 7) is 4.12. The van der Waals surface area contributed by atoms with E-state index in [0.29, 0.717) is 11.3 Å². The lowest BCUT2D eigenvalue weighted by Crippen LogP contribution is -2.13. The van der Waals surface area contributed by atoms with E-state index in [9.17, 15) is 4.79 Å². The first kappa shape index (κ1) is 15.6. The van der Waals surface area contributed by atoms with Crippen molar-refractivity contribution in [1.82, 2.24) is 14.8 Å². The lowest BCUT2D eigenvalue weighted by Gasteiger charge is -2.09. The van der Waals surface area contributed by atoms with Crippen molar-refractivity contribution in [3.63, 3.8) is 0 Å². The molecule has 3 aromatic rings. The Morgan fingerprint density at radius 1 is 1.26 bits per heavy atom. The summed E-state index contributed by atoms with van der Waals surface area (Å²) < 4.78 is 1.87. The van der Waals surface area contributed by atoms with Gasteiger partial charge in [0.2, 0.25) is 0 Å². The van der Waals surface area contributed by atoms with Gasteiger partial charge in [0.1, 0.15) is 0 Å². The second-order valence-electron chi connectivity index (χ2n) is 5.47. The van der Waals surface area contributed by atoms with Gasteiger partial charge in [0.15, 0.2) is 5.65 Å². The van der Waals surface area contributed by atoms with Crippen molar-refractivity contribution in [2.45, 2.75) is 24.8 Å². The molecular formula is C17H18N4OS. The maximum atomic E-state index is 12.5. The molecule has 1 aromatic carbocycles. The summed E-state index contributed by atoms with van der Waals surface area (Å²) in [5.41, 5.74) is 2.15. The Bertz CT molecular complexity index is 857. The molecule has 118 valence electrons. The Labute approximate surface area is 139 Å². The minimum Gasteiger partial charge on any atom is -0.321 e. The normalized spacial score (nSPS) is 11.1. The zero-order chi connectivity index (χ0) is 16.4. The Kier molecular flexibility index (Phi) is 4.34. The average molecular weight is 326 g/mol. The summed E-state index contributed by atoms with van der Waals surface area (Å²) >= 11 is 1.55. The van der Waals surface area contributed by atoms with Gasteiger partial charge in [-0.15, -0.1) is 11.8 Å². The fourth-order valence-electron chi connectivity index (χ4n) is 2.42. The maximum Gasteiger partial charge on any atom is 0.256 e. The van der Waals surface area contributed by atoms with Crippen LogP contribution in [0.5, 0.6) is 0 Å². The minimum atomic E-state index is -0.132. The van der Waals surface area contributed by atoms with Gasteiger partial charge in [0, 0.05) is 16.3 Å². The van der Waals surface area contributed by atoms with Crippen LogP contribution in [0.25, 0.3) is 11.0 Å². The molecule has 0 fully saturated rings. The van der Waals surface area contributed by atoms with Gasteiger partial charge in [0.05, 0.1) is 23.6 Å². The first-order valence-corrected chi connectivity index (χ1v) is 8.60. The predicted octanol–water partition coefficient (Wildman–Crippen LogP) is 3.99. The van der Waals surface area contributed by atoms with Crippen LogP contribution in [0.3, 0.4) is 0 Å². The predicted molar refractivity (Wildman–Crippen MR) is 94.1 cm³/mol. The van der Waals surface area contributed by atoms with Gasteiger partial charge in [-0.2, -0.15) is 5.10 Å². The lowest BCUT2D eigenvalue weighted by molar-refractivity contribution is 0.102. The number of amides is 1. The van der Waals surface area contributed by atoms with Gasteiger partial charge in [-0.25, -0.2) is 9.67 Å². The Balaban J connectivity index is 1.88. The SMILES string of the molecule is CSc1ccccc1C(=O)Nc1cnc2c(cnn2C(C)C)c1. The highest BCUT2D eigenvalue weighted by molar-refractivity contribution is 7.98. The van der Waals surface area contributed by atoms with Gasteiger partial charge >= 0.3 is 0 Å². The molecule has 23 heavy (non-hydrogen) atoms. The number of carbonyl (C=O) groups excluding carboxylic acids is 1. The molecule has 1 N–H and O–H groups in total. The number of thioether (sulfide) groups is 1. The van der Waals surface area contributed by atoms with Crippen molar-refractivity contribution in [2.75, 3.05) is 11.6 Å². The topological polar surface area (TPSA) is 59.8 Å². The van der Waals surface area contributed by atoms with Crippen molar-refractivity contribution >= 4 is 34.4 Å². The molecule has 0 unspecified atom stereocenters. The highest BCUT2D eigenvalue weighted by Gasteiger charge is 2.12. The van der Waals surface area contributed by atoms with E-state index in [2.05, 4.69) is 29.2 Å². The van der Waals surface area contributed by atoms with Gasteiger partial charge in [-0.05, 0) is 38.3 Å². The fourth-order valence-corrected chi connectivity index (χ4v) is 3.01. The van der Waals surface area contributed by atoms with Gasteiger partial charge < -0.3 is 5.32 Å². The number of rotatable bonds is 4. The molecule has 0 saturated heterocycles. The number of nitrogens with zero attached hydrogens (tertiary/aromatic N) is 3. The number of nitrogens with one attached hydrogen (secondary N) is 1. The van der Waals surface area contributed by atoms with Crippen molar-refractivity contribution < 1.29 is 4.79 Å². The number of hydrogen-bond donors (Lipinski definition) is 1. The summed E-state index contributed by atoms with van der Waals surface area (Å²) in [6.07, 6.45) is 5.40. The largest absolute Gasteiger partial charge is 0.321 e. The fraction of sp³-hybridized carbons (Fsp3) is 0.235. The number of carbonyl (C=O) groups is 1. The molecule has 0 aliphatic rings. The third-order valence-electron chi connectivity index (χ3n) is 3.53. The van der Waals surface area contributed by atoms with Crippen molar-refractivity contribution in [2.24, 2.45) is 0 Å². The van der Waals surface area contributed by atoms with Gasteiger partial charge in [-0.3, -0.25) is 4.79 Å². The van der Waals surface area contributed by atoms with E-state index in [1.165, 1.54) is 0 Å². The van der Waals surface area contributed by atoms with Gasteiger partial charge in [-0.1, -0.05) is 12.1 Å². The minimum absolute atomic E-state index is 0.132. The molecule has 1 amide bonds. The van der Waals surface area contributed by atoms with E-state index in [-0.39, 0.29) is 11.9 Å². The third kappa shape index (κ3) is 3.07. The van der Waals surface area contributed by atoms with Gasteiger partial charge in [0.25, 0.3) is 5.91 Å². The highest BCUT2D eigenvalue weighted by atomic mass is 32.2. The van der Waals surface area contributed by atoms with Crippen LogP contribution in [0.15, 0.2) is 47.6 Å². The molecule has 5 nitrogen and oxygen atoms in total. The second-order valence-corrected chi connectivity index (χ2v) is 6.32. The first-order valence-electron chi connectivity index (χ1n) is 7.38. The Morgan fingerprint density at radius 3 is 2.78 bits per heavy atom. The van der Waals surface area contributed by atoms with Crippen molar-refractivity contribution in [1.29, 1.82) is 0 Å². The zero-order valence-electron chi connectivity index (χ0n) is 13.3. The molecule has 0 bridgehead atoms. The molecule has 2 heterocycles. The number of fused-ring (bicyclic) bond motifs is 1. The average Bonchev–Trinajstić information content (AvgIpc) is 2.98. The van der Waals surface area contributed by atoms with Crippen LogP contribution >= 0.6 is 11.8 Å². The van der Waals surface area contributed by atoms with Crippen molar-refractivity contribution in [3.05, 3.63) is 48.3 Å². The number of pyridine rings is 1. The summed E-state index contributed by atoms with van der Waals surface area (Å²) in [5.74, 6) is -0.132. The van der Waals surface area contributed by atoms with Crippen LogP contribution in [0.4, 0.5) is 5.69 Å². The molecule has 0 aliphatic heterocycles. The second kappa shape index (κ2) is 6.42. The smallest absolute Gasteiger partial charge is 0.256 e. The van der Waals surface area contributed by atoms with Crippen LogP contribution in [0.2, 0.25) is 0 Å². The van der Waals surface area contributed by atoms with Crippen LogP contribution in [-0.4, -0.2) is 26.9 Å². The van der Waals surface area contributed by atoms with Crippen LogP contribution in [0, 0.1) is 0 Å². The number of hydrogen-bond acceptors (Lipinski definition) is 4. The summed E-state index contributed by atoms with van der Waals surface area (Å²) in [6, 6.07) is 9.69. The number of benzene rings is 1. The van der Waals surface area contributed by atoms with E-state index in [1.807, 2.05) is 41.3 Å². The molecule has 3 rings (SSSR count). The summed E-state index contributed by atoms with van der Waals surface area (Å²) in [4.78, 5) is 17.9. The molecular weight excluding hydrogens is 308 g/mol. The molecule has 0 aliphatic carbocycles. The first-order chi connectivity index (χ1) is 11.1. The van der Waals surface area contributed by atoms with Crippen LogP contribution < -0.4 is 5.32 Å². The summed E-state index contributed by atoms with van der Waals surface area (Å²) in [5, 5.41) is 8.16. The standard InChI is InChI=1S/C17H18N4OS/c1-11(2)21-16-12(9-19-21)8-13(10-18-16)20-17(22)14-6-4-5-7-15(14)23-3/h4-11H,1-3H3,(H,20,22). The molecule has 0 atom stereocenters. The molecule has 0 saturated carbocycles. The summed E-state index contributed by atoms with van der Waals surface area (Å²) in [7, 11) is 0. The van der Waals surface area contributed by atoms with Crippen LogP contribution in [0.1, 0.15) is 30.2 Å². The number of aromatic nitrogens is 3. The van der Waals surface area contributed by atoms with E-state index in [4.69, 9.17) is 0 Å². The molecule has 0 spiro atoms. The van der Waals surface area contributed by atoms with E-state index < -0.39 is 0 Å². The zero-order valence-corrected chi connectivity index (χ0v) is 14.1. The lowest BCUT2D eigenvalue weighted by atomic mass is 10.2. The van der Waals surface area contributed by atoms with Crippen LogP contribution in [-0.2, 0) is 0 Å². The van der Waals surface area contributed by atoms with E-state index in [0.717, 1.165) is 15.9 Å². The maximum absolute atomic E-state index is 12.5. The Morgan fingerprint density at radius 2 is 2.04 bits per heavy atom. The van der Waals surface area contributed by atoms with E-state index in [1.54, 1.807) is 24.2 Å². The number of anilines is 1. The molecule has 0 radical (unpaired) electrons. The monoisotopic (exact) mass is 326 g/mol. The Hall–Kier alpha value is -2.34.